The number of hydrogen-bond donors (Lipinski definition) is 5. The van der Waals surface area contributed by atoms with Crippen LogP contribution in [-0.4, -0.2) is 28.3 Å². The Morgan fingerprint density at radius 2 is 1.62 bits per heavy atom. The second-order valence-corrected chi connectivity index (χ2v) is 5.71. The van der Waals surface area contributed by atoms with Crippen LogP contribution < -0.4 is 5.32 Å². The highest BCUT2D eigenvalue weighted by atomic mass is 32.2. The number of phenolic OH excluding ortho intramolecular Hbond substituents is 3. The summed E-state index contributed by atoms with van der Waals surface area (Å²) in [6.45, 7) is 0.107. The molecule has 0 heterocycles. The van der Waals surface area contributed by atoms with Crippen LogP contribution in [0, 0.1) is 0 Å². The van der Waals surface area contributed by atoms with Crippen molar-refractivity contribution in [2.45, 2.75) is 11.4 Å². The maximum atomic E-state index is 11.1. The zero-order valence-electron chi connectivity index (χ0n) is 10.7. The van der Waals surface area contributed by atoms with Gasteiger partial charge in [0.25, 0.3) is 10.1 Å². The zero-order chi connectivity index (χ0) is 15.6. The molecule has 0 aliphatic rings. The molecule has 5 N–H and O–H groups in total. The number of hydrogen-bond acceptors (Lipinski definition) is 6. The molecule has 0 atom stereocenters. The summed E-state index contributed by atoms with van der Waals surface area (Å²) in [5, 5.41) is 31.2. The minimum absolute atomic E-state index is 0.0195. The molecule has 0 unspecified atom stereocenters. The van der Waals surface area contributed by atoms with Gasteiger partial charge in [0.2, 0.25) is 0 Å². The van der Waals surface area contributed by atoms with Crippen molar-refractivity contribution >= 4 is 15.8 Å². The molecule has 2 aromatic rings. The largest absolute Gasteiger partial charge is 0.508 e. The lowest BCUT2D eigenvalue weighted by molar-refractivity contribution is 0.443. The van der Waals surface area contributed by atoms with Crippen LogP contribution in [0.3, 0.4) is 0 Å². The van der Waals surface area contributed by atoms with Gasteiger partial charge in [-0.2, -0.15) is 8.42 Å². The third kappa shape index (κ3) is 3.56. The summed E-state index contributed by atoms with van der Waals surface area (Å²) in [4.78, 5) is -0.618. The molecule has 0 saturated heterocycles. The lowest BCUT2D eigenvalue weighted by Gasteiger charge is -2.10. The van der Waals surface area contributed by atoms with Crippen LogP contribution in [0.25, 0.3) is 0 Å². The van der Waals surface area contributed by atoms with Gasteiger partial charge in [-0.25, -0.2) is 0 Å². The quantitative estimate of drug-likeness (QED) is 0.429. The Morgan fingerprint density at radius 1 is 0.952 bits per heavy atom. The topological polar surface area (TPSA) is 127 Å². The normalized spacial score (nSPS) is 11.3. The average molecular weight is 311 g/mol. The van der Waals surface area contributed by atoms with Crippen LogP contribution in [0.5, 0.6) is 17.2 Å². The van der Waals surface area contributed by atoms with E-state index < -0.39 is 20.8 Å². The second kappa shape index (κ2) is 5.51. The summed E-state index contributed by atoms with van der Waals surface area (Å²) in [5.41, 5.74) is 0.708. The van der Waals surface area contributed by atoms with Gasteiger partial charge >= 0.3 is 0 Å². The van der Waals surface area contributed by atoms with E-state index in [-0.39, 0.29) is 18.0 Å². The summed E-state index contributed by atoms with van der Waals surface area (Å²) in [6.07, 6.45) is 0. The molecule has 0 aliphatic heterocycles. The van der Waals surface area contributed by atoms with E-state index in [9.17, 15) is 23.7 Å². The van der Waals surface area contributed by atoms with Crippen LogP contribution in [0.15, 0.2) is 41.3 Å². The lowest BCUT2D eigenvalue weighted by atomic mass is 10.2. The number of nitrogens with one attached hydrogen (secondary N) is 1. The van der Waals surface area contributed by atoms with E-state index in [1.165, 1.54) is 24.3 Å². The summed E-state index contributed by atoms with van der Waals surface area (Å²) >= 11 is 0. The third-order valence-corrected chi connectivity index (χ3v) is 3.67. The lowest BCUT2D eigenvalue weighted by Crippen LogP contribution is -2.03. The molecular formula is C13H13NO6S. The van der Waals surface area contributed by atoms with E-state index in [2.05, 4.69) is 5.32 Å². The molecule has 0 amide bonds. The standard InChI is InChI=1S/C13H13NO6S/c15-10-2-4-11(16)8(5-10)7-14-9-1-3-12(17)13(6-9)21(18,19)20/h1-6,14-17H,7H2,(H,18,19,20). The van der Waals surface area contributed by atoms with Crippen molar-refractivity contribution in [1.29, 1.82) is 0 Å². The molecule has 2 rings (SSSR count). The monoisotopic (exact) mass is 311 g/mol. The van der Waals surface area contributed by atoms with Crippen molar-refractivity contribution in [3.8, 4) is 17.2 Å². The molecule has 2 aromatic carbocycles. The van der Waals surface area contributed by atoms with Crippen molar-refractivity contribution < 1.29 is 28.3 Å². The second-order valence-electron chi connectivity index (χ2n) is 4.32. The predicted octanol–water partition coefficient (Wildman–Crippen LogP) is 1.66. The fourth-order valence-corrected chi connectivity index (χ4v) is 2.35. The summed E-state index contributed by atoms with van der Waals surface area (Å²) in [5.74, 6) is -0.619. The van der Waals surface area contributed by atoms with Crippen LogP contribution in [0.2, 0.25) is 0 Å². The Kier molecular flexibility index (Phi) is 3.92. The molecular weight excluding hydrogens is 298 g/mol. The number of rotatable bonds is 4. The Labute approximate surface area is 120 Å². The Balaban J connectivity index is 2.23. The molecule has 0 spiro atoms. The van der Waals surface area contributed by atoms with Gasteiger partial charge in [0.05, 0.1) is 0 Å². The van der Waals surface area contributed by atoms with Gasteiger partial charge in [-0.05, 0) is 36.4 Å². The molecule has 0 radical (unpaired) electrons. The van der Waals surface area contributed by atoms with Gasteiger partial charge in [-0.1, -0.05) is 0 Å². The van der Waals surface area contributed by atoms with E-state index in [0.29, 0.717) is 11.3 Å². The molecule has 0 saturated carbocycles. The first-order valence-electron chi connectivity index (χ1n) is 5.82. The van der Waals surface area contributed by atoms with Crippen molar-refractivity contribution in [2.75, 3.05) is 5.32 Å². The van der Waals surface area contributed by atoms with Gasteiger partial charge in [-0.3, -0.25) is 4.55 Å². The van der Waals surface area contributed by atoms with Gasteiger partial charge in [0.15, 0.2) is 0 Å². The smallest absolute Gasteiger partial charge is 0.298 e. The summed E-state index contributed by atoms with van der Waals surface area (Å²) < 4.78 is 31.1. The Hall–Kier alpha value is -2.45. The summed E-state index contributed by atoms with van der Waals surface area (Å²) in [7, 11) is -4.53. The molecule has 8 heteroatoms. The molecule has 0 aliphatic carbocycles. The van der Waals surface area contributed by atoms with Gasteiger partial charge in [0, 0.05) is 17.8 Å². The van der Waals surface area contributed by atoms with Gasteiger partial charge in [0.1, 0.15) is 22.1 Å². The molecule has 0 bridgehead atoms. The average Bonchev–Trinajstić information content (AvgIpc) is 2.40. The third-order valence-electron chi connectivity index (χ3n) is 2.78. The van der Waals surface area contributed by atoms with Crippen molar-refractivity contribution in [3.63, 3.8) is 0 Å². The van der Waals surface area contributed by atoms with Gasteiger partial charge in [-0.15, -0.1) is 0 Å². The van der Waals surface area contributed by atoms with E-state index in [1.807, 2.05) is 0 Å². The minimum atomic E-state index is -4.53. The Bertz CT molecular complexity index is 772. The molecule has 21 heavy (non-hydrogen) atoms. The highest BCUT2D eigenvalue weighted by Gasteiger charge is 2.16. The number of phenols is 3. The van der Waals surface area contributed by atoms with Crippen LogP contribution >= 0.6 is 0 Å². The maximum Gasteiger partial charge on any atom is 0.298 e. The van der Waals surface area contributed by atoms with Crippen molar-refractivity contribution in [1.82, 2.24) is 0 Å². The first-order chi connectivity index (χ1) is 9.77. The van der Waals surface area contributed by atoms with Crippen LogP contribution in [0.4, 0.5) is 5.69 Å². The molecule has 0 aromatic heterocycles. The highest BCUT2D eigenvalue weighted by Crippen LogP contribution is 2.27. The first kappa shape index (κ1) is 14.9. The van der Waals surface area contributed by atoms with Crippen molar-refractivity contribution in [2.24, 2.45) is 0 Å². The van der Waals surface area contributed by atoms with E-state index in [1.54, 1.807) is 0 Å². The Morgan fingerprint density at radius 3 is 2.29 bits per heavy atom. The van der Waals surface area contributed by atoms with Crippen LogP contribution in [0.1, 0.15) is 5.56 Å². The van der Waals surface area contributed by atoms with E-state index in [4.69, 9.17) is 4.55 Å². The zero-order valence-corrected chi connectivity index (χ0v) is 11.5. The minimum Gasteiger partial charge on any atom is -0.508 e. The number of aromatic hydroxyl groups is 3. The maximum absolute atomic E-state index is 11.1. The predicted molar refractivity (Wildman–Crippen MR) is 75.0 cm³/mol. The summed E-state index contributed by atoms with van der Waals surface area (Å²) in [6, 6.07) is 7.59. The SMILES string of the molecule is O=S(=O)(O)c1cc(NCc2cc(O)ccc2O)ccc1O. The van der Waals surface area contributed by atoms with Crippen molar-refractivity contribution in [3.05, 3.63) is 42.0 Å². The molecule has 0 fully saturated rings. The van der Waals surface area contributed by atoms with E-state index >= 15 is 0 Å². The highest BCUT2D eigenvalue weighted by molar-refractivity contribution is 7.86. The van der Waals surface area contributed by atoms with Crippen LogP contribution in [-0.2, 0) is 16.7 Å². The molecule has 112 valence electrons. The number of anilines is 1. The van der Waals surface area contributed by atoms with Gasteiger partial charge < -0.3 is 20.6 Å². The fraction of sp³-hybridized carbons (Fsp3) is 0.0769. The molecule has 7 nitrogen and oxygen atoms in total. The first-order valence-corrected chi connectivity index (χ1v) is 7.26. The number of benzene rings is 2. The fourth-order valence-electron chi connectivity index (χ4n) is 1.74. The van der Waals surface area contributed by atoms with E-state index in [0.717, 1.165) is 12.1 Å².